The van der Waals surface area contributed by atoms with Gasteiger partial charge in [-0.3, -0.25) is 14.4 Å². The van der Waals surface area contributed by atoms with Gasteiger partial charge in [0.25, 0.3) is 0 Å². The first-order valence-corrected chi connectivity index (χ1v) is 8.08. The first-order valence-electron chi connectivity index (χ1n) is 8.08. The molecular formula is C19H15FN2O6. The molecule has 144 valence electrons. The third kappa shape index (κ3) is 3.29. The number of carbonyl (C=O) groups is 4. The van der Waals surface area contributed by atoms with Crippen LogP contribution in [0, 0.1) is 5.82 Å². The molecule has 0 saturated carbocycles. The number of benzene rings is 2. The third-order valence-electron chi connectivity index (χ3n) is 4.15. The minimum absolute atomic E-state index is 0.0869. The van der Waals surface area contributed by atoms with Crippen molar-refractivity contribution < 1.29 is 33.0 Å². The summed E-state index contributed by atoms with van der Waals surface area (Å²) >= 11 is 0. The first kappa shape index (κ1) is 19.0. The smallest absolute Gasteiger partial charge is 0.339 e. The average molecular weight is 386 g/mol. The average Bonchev–Trinajstić information content (AvgIpc) is 2.91. The minimum Gasteiger partial charge on any atom is -0.497 e. The lowest BCUT2D eigenvalue weighted by atomic mass is 10.1. The molecule has 0 unspecified atom stereocenters. The zero-order valence-electron chi connectivity index (χ0n) is 15.0. The molecule has 2 aromatic rings. The van der Waals surface area contributed by atoms with Crippen LogP contribution in [0.1, 0.15) is 10.4 Å². The number of nitrogens with zero attached hydrogens (tertiary/aromatic N) is 2. The molecule has 9 heteroatoms. The number of urea groups is 1. The van der Waals surface area contributed by atoms with E-state index in [4.69, 9.17) is 9.47 Å². The Morgan fingerprint density at radius 3 is 2.25 bits per heavy atom. The SMILES string of the molecule is COc1ccc(N2C(=O)C(=O)N(CC(=O)c3cc(F)ccc3OC)C2=O)cc1. The highest BCUT2D eigenvalue weighted by atomic mass is 19.1. The number of hydrogen-bond donors (Lipinski definition) is 0. The number of amides is 4. The molecule has 28 heavy (non-hydrogen) atoms. The van der Waals surface area contributed by atoms with Crippen molar-refractivity contribution >= 4 is 29.3 Å². The van der Waals surface area contributed by atoms with Gasteiger partial charge in [-0.25, -0.2) is 19.0 Å². The van der Waals surface area contributed by atoms with Crippen LogP contribution in [0.2, 0.25) is 0 Å². The number of rotatable bonds is 6. The van der Waals surface area contributed by atoms with Gasteiger partial charge in [0.1, 0.15) is 17.3 Å². The summed E-state index contributed by atoms with van der Waals surface area (Å²) in [4.78, 5) is 50.8. The summed E-state index contributed by atoms with van der Waals surface area (Å²) in [5.74, 6) is -3.08. The summed E-state index contributed by atoms with van der Waals surface area (Å²) in [5, 5.41) is 0. The van der Waals surface area contributed by atoms with E-state index in [1.165, 1.54) is 44.6 Å². The molecular weight excluding hydrogens is 371 g/mol. The van der Waals surface area contributed by atoms with E-state index in [2.05, 4.69) is 0 Å². The quantitative estimate of drug-likeness (QED) is 0.428. The topological polar surface area (TPSA) is 93.2 Å². The molecule has 1 aliphatic heterocycles. The van der Waals surface area contributed by atoms with Crippen molar-refractivity contribution in [3.63, 3.8) is 0 Å². The summed E-state index contributed by atoms with van der Waals surface area (Å²) in [6.07, 6.45) is 0. The standard InChI is InChI=1S/C19H15FN2O6/c1-27-13-6-4-12(5-7-13)22-18(25)17(24)21(19(22)26)10-15(23)14-9-11(20)3-8-16(14)28-2/h3-9H,10H2,1-2H3. The van der Waals surface area contributed by atoms with Crippen molar-refractivity contribution in [1.82, 2.24) is 4.90 Å². The van der Waals surface area contributed by atoms with Crippen LogP contribution in [0.4, 0.5) is 14.9 Å². The van der Waals surface area contributed by atoms with Gasteiger partial charge < -0.3 is 9.47 Å². The van der Waals surface area contributed by atoms with Crippen LogP contribution in [0.15, 0.2) is 42.5 Å². The van der Waals surface area contributed by atoms with Crippen molar-refractivity contribution in [3.8, 4) is 11.5 Å². The number of Topliss-reactive ketones (excluding diaryl/α,β-unsaturated/α-hetero) is 1. The molecule has 0 bridgehead atoms. The number of carbonyl (C=O) groups excluding carboxylic acids is 4. The first-order chi connectivity index (χ1) is 13.4. The number of ether oxygens (including phenoxy) is 2. The summed E-state index contributed by atoms with van der Waals surface area (Å²) in [6.45, 7) is -0.726. The number of halogens is 1. The summed E-state index contributed by atoms with van der Waals surface area (Å²) < 4.78 is 23.5. The van der Waals surface area contributed by atoms with E-state index < -0.39 is 36.0 Å². The van der Waals surface area contributed by atoms with E-state index in [9.17, 15) is 23.6 Å². The van der Waals surface area contributed by atoms with Gasteiger partial charge in [0.2, 0.25) is 0 Å². The van der Waals surface area contributed by atoms with Gasteiger partial charge in [0, 0.05) is 0 Å². The van der Waals surface area contributed by atoms with E-state index in [1.54, 1.807) is 0 Å². The molecule has 1 fully saturated rings. The van der Waals surface area contributed by atoms with Crippen molar-refractivity contribution in [2.45, 2.75) is 0 Å². The molecule has 1 saturated heterocycles. The highest BCUT2D eigenvalue weighted by Crippen LogP contribution is 2.26. The molecule has 0 aromatic heterocycles. The molecule has 0 radical (unpaired) electrons. The Morgan fingerprint density at radius 1 is 0.964 bits per heavy atom. The summed E-state index contributed by atoms with van der Waals surface area (Å²) in [6, 6.07) is 8.24. The lowest BCUT2D eigenvalue weighted by Crippen LogP contribution is -2.37. The largest absolute Gasteiger partial charge is 0.497 e. The molecule has 0 aliphatic carbocycles. The van der Waals surface area contributed by atoms with Crippen LogP contribution in [0.5, 0.6) is 11.5 Å². The molecule has 4 amide bonds. The van der Waals surface area contributed by atoms with Crippen LogP contribution in [-0.4, -0.2) is 49.3 Å². The molecule has 8 nitrogen and oxygen atoms in total. The second-order valence-electron chi connectivity index (χ2n) is 5.78. The van der Waals surface area contributed by atoms with Gasteiger partial charge in [-0.05, 0) is 42.5 Å². The number of methoxy groups -OCH3 is 2. The Hall–Kier alpha value is -3.75. The molecule has 0 atom stereocenters. The lowest BCUT2D eigenvalue weighted by Gasteiger charge is -2.16. The Kier molecular flexibility index (Phi) is 5.08. The van der Waals surface area contributed by atoms with Gasteiger partial charge in [0.15, 0.2) is 5.78 Å². The summed E-state index contributed by atoms with van der Waals surface area (Å²) in [7, 11) is 2.75. The van der Waals surface area contributed by atoms with Crippen LogP contribution >= 0.6 is 0 Å². The lowest BCUT2D eigenvalue weighted by molar-refractivity contribution is -0.139. The molecule has 0 spiro atoms. The zero-order valence-corrected chi connectivity index (χ0v) is 15.0. The van der Waals surface area contributed by atoms with Crippen LogP contribution in [0.25, 0.3) is 0 Å². The van der Waals surface area contributed by atoms with Gasteiger partial charge in [-0.15, -0.1) is 0 Å². The van der Waals surface area contributed by atoms with Crippen LogP contribution in [-0.2, 0) is 9.59 Å². The predicted molar refractivity (Wildman–Crippen MR) is 94.9 cm³/mol. The van der Waals surface area contributed by atoms with Gasteiger partial charge in [-0.2, -0.15) is 0 Å². The monoisotopic (exact) mass is 386 g/mol. The van der Waals surface area contributed by atoms with E-state index in [1.807, 2.05) is 0 Å². The molecule has 1 heterocycles. The van der Waals surface area contributed by atoms with Crippen molar-refractivity contribution in [3.05, 3.63) is 53.8 Å². The predicted octanol–water partition coefficient (Wildman–Crippen LogP) is 2.02. The fourth-order valence-corrected chi connectivity index (χ4v) is 2.73. The van der Waals surface area contributed by atoms with Gasteiger partial charge in [0.05, 0.1) is 32.0 Å². The fourth-order valence-electron chi connectivity index (χ4n) is 2.73. The maximum absolute atomic E-state index is 13.5. The van der Waals surface area contributed by atoms with Crippen molar-refractivity contribution in [2.75, 3.05) is 25.7 Å². The van der Waals surface area contributed by atoms with E-state index in [0.717, 1.165) is 12.1 Å². The van der Waals surface area contributed by atoms with Crippen molar-refractivity contribution in [1.29, 1.82) is 0 Å². The van der Waals surface area contributed by atoms with Crippen molar-refractivity contribution in [2.24, 2.45) is 0 Å². The van der Waals surface area contributed by atoms with Crippen LogP contribution < -0.4 is 14.4 Å². The zero-order chi connectivity index (χ0) is 20.4. The van der Waals surface area contributed by atoms with E-state index in [0.29, 0.717) is 15.5 Å². The normalized spacial score (nSPS) is 13.9. The second-order valence-corrected chi connectivity index (χ2v) is 5.78. The Labute approximate surface area is 159 Å². The van der Waals surface area contributed by atoms with Gasteiger partial charge in [-0.1, -0.05) is 0 Å². The number of hydrogen-bond acceptors (Lipinski definition) is 6. The Bertz CT molecular complexity index is 973. The molecule has 0 N–H and O–H groups in total. The second kappa shape index (κ2) is 7.47. The number of anilines is 1. The Balaban J connectivity index is 1.86. The van der Waals surface area contributed by atoms with E-state index in [-0.39, 0.29) is 17.0 Å². The highest BCUT2D eigenvalue weighted by Gasteiger charge is 2.46. The number of imide groups is 2. The molecule has 1 aliphatic rings. The maximum atomic E-state index is 13.5. The van der Waals surface area contributed by atoms with Crippen LogP contribution in [0.3, 0.4) is 0 Å². The molecule has 2 aromatic carbocycles. The summed E-state index contributed by atoms with van der Waals surface area (Å²) in [5.41, 5.74) is 0.0147. The maximum Gasteiger partial charge on any atom is 0.339 e. The minimum atomic E-state index is -1.15. The van der Waals surface area contributed by atoms with Gasteiger partial charge >= 0.3 is 17.8 Å². The highest BCUT2D eigenvalue weighted by molar-refractivity contribution is 6.53. The van der Waals surface area contributed by atoms with E-state index >= 15 is 0 Å². The Morgan fingerprint density at radius 2 is 1.64 bits per heavy atom. The molecule has 3 rings (SSSR count). The third-order valence-corrected chi connectivity index (χ3v) is 4.15. The number of ketones is 1. The fraction of sp³-hybridized carbons (Fsp3) is 0.158.